The molecule has 0 N–H and O–H groups in total. The monoisotopic (exact) mass is 516 g/mol. The Morgan fingerprint density at radius 1 is 0.525 bits per heavy atom. The summed E-state index contributed by atoms with van der Waals surface area (Å²) in [6, 6.07) is 37.8. The van der Waals surface area contributed by atoms with Gasteiger partial charge in [-0.1, -0.05) is 86.6 Å². The Morgan fingerprint density at radius 2 is 1.20 bits per heavy atom. The van der Waals surface area contributed by atoms with Gasteiger partial charge in [0, 0.05) is 33.3 Å². The Balaban J connectivity index is 1.48. The van der Waals surface area contributed by atoms with Gasteiger partial charge in [-0.25, -0.2) is 9.97 Å². The summed E-state index contributed by atoms with van der Waals surface area (Å²) in [7, 11) is 0. The Morgan fingerprint density at radius 3 is 1.95 bits per heavy atom. The molecule has 0 radical (unpaired) electrons. The third-order valence-corrected chi connectivity index (χ3v) is 7.45. The van der Waals surface area contributed by atoms with E-state index in [4.69, 9.17) is 19.9 Å². The van der Waals surface area contributed by atoms with Crippen molar-refractivity contribution < 1.29 is 0 Å². The predicted molar refractivity (Wildman–Crippen MR) is 165 cm³/mol. The fourth-order valence-corrected chi connectivity index (χ4v) is 5.37. The summed E-state index contributed by atoms with van der Waals surface area (Å²) >= 11 is 0. The first-order valence-electron chi connectivity index (χ1n) is 13.7. The van der Waals surface area contributed by atoms with Crippen LogP contribution in [0.5, 0.6) is 0 Å². The number of benzene rings is 4. The molecule has 40 heavy (non-hydrogen) atoms. The summed E-state index contributed by atoms with van der Waals surface area (Å²) in [6.07, 6.45) is 0. The number of pyridine rings is 2. The second-order valence-corrected chi connectivity index (χ2v) is 10.6. The fourth-order valence-electron chi connectivity index (χ4n) is 5.37. The molecule has 0 bridgehead atoms. The molecule has 0 aliphatic carbocycles. The van der Waals surface area contributed by atoms with Gasteiger partial charge in [0.15, 0.2) is 0 Å². The van der Waals surface area contributed by atoms with Crippen molar-refractivity contribution in [1.82, 2.24) is 19.9 Å². The van der Waals surface area contributed by atoms with E-state index in [0.29, 0.717) is 5.92 Å². The van der Waals surface area contributed by atoms with Crippen LogP contribution >= 0.6 is 0 Å². The molecule has 0 unspecified atom stereocenters. The van der Waals surface area contributed by atoms with E-state index >= 15 is 0 Å². The van der Waals surface area contributed by atoms with Gasteiger partial charge < -0.3 is 0 Å². The molecule has 3 heterocycles. The number of hydrogen-bond donors (Lipinski definition) is 0. The first-order chi connectivity index (χ1) is 19.5. The molecule has 7 aromatic rings. The van der Waals surface area contributed by atoms with Crippen LogP contribution < -0.4 is 0 Å². The lowest BCUT2D eigenvalue weighted by atomic mass is 9.94. The molecular weight excluding hydrogens is 488 g/mol. The second-order valence-electron chi connectivity index (χ2n) is 10.6. The lowest BCUT2D eigenvalue weighted by Gasteiger charge is -2.15. The van der Waals surface area contributed by atoms with Gasteiger partial charge in [0.1, 0.15) is 0 Å². The van der Waals surface area contributed by atoms with E-state index in [0.717, 1.165) is 77.9 Å². The number of hydrogen-bond acceptors (Lipinski definition) is 4. The average molecular weight is 517 g/mol. The molecule has 0 amide bonds. The maximum Gasteiger partial charge on any atom is 0.0974 e. The highest BCUT2D eigenvalue weighted by Crippen LogP contribution is 2.37. The Hall–Kier alpha value is -4.96. The Bertz CT molecular complexity index is 2040. The van der Waals surface area contributed by atoms with Crippen LogP contribution in [0.3, 0.4) is 0 Å². The van der Waals surface area contributed by atoms with Crippen molar-refractivity contribution in [2.45, 2.75) is 26.7 Å². The summed E-state index contributed by atoms with van der Waals surface area (Å²) in [5.41, 5.74) is 11.8. The molecule has 4 heteroatoms. The van der Waals surface area contributed by atoms with Gasteiger partial charge in [-0.3, -0.25) is 9.97 Å². The van der Waals surface area contributed by atoms with E-state index < -0.39 is 0 Å². The van der Waals surface area contributed by atoms with Gasteiger partial charge in [-0.05, 0) is 60.4 Å². The van der Waals surface area contributed by atoms with Crippen LogP contribution in [0, 0.1) is 6.92 Å². The standard InChI is InChI=1S/C36H28N4/c1-22(2)30-19-18-28-29(21-27-17-16-23(3)37-35(27)36(28)38-30)25-12-9-13-26(20-25)34-33(24-10-5-4-6-11-24)39-31-14-7-8-15-32(31)40-34/h4-22H,1-3H3. The van der Waals surface area contributed by atoms with Crippen molar-refractivity contribution in [2.24, 2.45) is 0 Å². The van der Waals surface area contributed by atoms with Crippen molar-refractivity contribution in [2.75, 3.05) is 0 Å². The minimum absolute atomic E-state index is 0.333. The molecule has 3 aromatic heterocycles. The summed E-state index contributed by atoms with van der Waals surface area (Å²) < 4.78 is 0. The number of fused-ring (bicyclic) bond motifs is 4. The molecule has 0 saturated heterocycles. The van der Waals surface area contributed by atoms with E-state index in [9.17, 15) is 0 Å². The van der Waals surface area contributed by atoms with Crippen molar-refractivity contribution in [3.63, 3.8) is 0 Å². The molecule has 0 fully saturated rings. The van der Waals surface area contributed by atoms with E-state index in [1.54, 1.807) is 0 Å². The molecule has 0 aliphatic rings. The SMILES string of the molecule is Cc1ccc2cc(-c3cccc(-c4nc5ccccc5nc4-c4ccccc4)c3)c3ccc(C(C)C)nc3c2n1. The van der Waals surface area contributed by atoms with Gasteiger partial charge in [-0.15, -0.1) is 0 Å². The van der Waals surface area contributed by atoms with Crippen molar-refractivity contribution in [3.8, 4) is 33.6 Å². The van der Waals surface area contributed by atoms with E-state index in [1.807, 2.05) is 49.4 Å². The van der Waals surface area contributed by atoms with Crippen LogP contribution in [0.4, 0.5) is 0 Å². The largest absolute Gasteiger partial charge is 0.251 e. The summed E-state index contributed by atoms with van der Waals surface area (Å²) in [6.45, 7) is 6.39. The van der Waals surface area contributed by atoms with Crippen LogP contribution in [0.15, 0.2) is 109 Å². The summed E-state index contributed by atoms with van der Waals surface area (Å²) in [5.74, 6) is 0.333. The van der Waals surface area contributed by atoms with Crippen molar-refractivity contribution in [3.05, 3.63) is 121 Å². The lowest BCUT2D eigenvalue weighted by Crippen LogP contribution is -1.97. The van der Waals surface area contributed by atoms with Crippen LogP contribution in [0.2, 0.25) is 0 Å². The first kappa shape index (κ1) is 24.1. The predicted octanol–water partition coefficient (Wildman–Crippen LogP) is 9.16. The highest BCUT2D eigenvalue weighted by atomic mass is 14.8. The minimum Gasteiger partial charge on any atom is -0.251 e. The number of aryl methyl sites for hydroxylation is 1. The molecule has 4 aromatic carbocycles. The zero-order valence-corrected chi connectivity index (χ0v) is 22.8. The first-order valence-corrected chi connectivity index (χ1v) is 13.7. The molecule has 4 nitrogen and oxygen atoms in total. The lowest BCUT2D eigenvalue weighted by molar-refractivity contribution is 0.830. The van der Waals surface area contributed by atoms with Gasteiger partial charge in [0.25, 0.3) is 0 Å². The second kappa shape index (κ2) is 9.65. The zero-order valence-electron chi connectivity index (χ0n) is 22.8. The quantitative estimate of drug-likeness (QED) is 0.219. The van der Waals surface area contributed by atoms with E-state index in [2.05, 4.69) is 80.6 Å². The van der Waals surface area contributed by atoms with Gasteiger partial charge in [-0.2, -0.15) is 0 Å². The normalized spacial score (nSPS) is 11.6. The van der Waals surface area contributed by atoms with Crippen LogP contribution in [-0.2, 0) is 0 Å². The van der Waals surface area contributed by atoms with Crippen molar-refractivity contribution in [1.29, 1.82) is 0 Å². The summed E-state index contributed by atoms with van der Waals surface area (Å²) in [4.78, 5) is 20.2. The molecule has 0 saturated carbocycles. The number of para-hydroxylation sites is 2. The number of rotatable bonds is 4. The minimum atomic E-state index is 0.333. The maximum absolute atomic E-state index is 5.12. The molecule has 192 valence electrons. The molecular formula is C36H28N4. The number of aromatic nitrogens is 4. The van der Waals surface area contributed by atoms with Crippen LogP contribution in [0.1, 0.15) is 31.2 Å². The van der Waals surface area contributed by atoms with Gasteiger partial charge in [0.2, 0.25) is 0 Å². The molecule has 7 rings (SSSR count). The zero-order chi connectivity index (χ0) is 27.2. The van der Waals surface area contributed by atoms with E-state index in [-0.39, 0.29) is 0 Å². The highest BCUT2D eigenvalue weighted by molar-refractivity contribution is 6.10. The fraction of sp³-hybridized carbons (Fsp3) is 0.111. The smallest absolute Gasteiger partial charge is 0.0974 e. The molecule has 0 aliphatic heterocycles. The van der Waals surface area contributed by atoms with Gasteiger partial charge >= 0.3 is 0 Å². The van der Waals surface area contributed by atoms with Crippen LogP contribution in [-0.4, -0.2) is 19.9 Å². The Labute approximate surface area is 233 Å². The van der Waals surface area contributed by atoms with Gasteiger partial charge in [0.05, 0.1) is 33.5 Å². The Kier molecular flexibility index (Phi) is 5.82. The topological polar surface area (TPSA) is 51.6 Å². The molecule has 0 spiro atoms. The maximum atomic E-state index is 5.12. The van der Waals surface area contributed by atoms with Crippen molar-refractivity contribution >= 4 is 32.8 Å². The third kappa shape index (κ3) is 4.18. The van der Waals surface area contributed by atoms with Crippen LogP contribution in [0.25, 0.3) is 66.5 Å². The summed E-state index contributed by atoms with van der Waals surface area (Å²) in [5, 5.41) is 2.18. The molecule has 0 atom stereocenters. The number of nitrogens with zero attached hydrogens (tertiary/aromatic N) is 4. The van der Waals surface area contributed by atoms with E-state index in [1.165, 1.54) is 0 Å². The highest BCUT2D eigenvalue weighted by Gasteiger charge is 2.17. The third-order valence-electron chi connectivity index (χ3n) is 7.45. The average Bonchev–Trinajstić information content (AvgIpc) is 3.00.